The maximum atomic E-state index is 5.76. The standard InChI is InChI=1S/C12H24N5OP/c1-15(2)19(14-13,16(3)4)17(5)11-18-12-9-7-6-8-10-12/h6-10H,11,13H2,1-5H3. The number of para-hydroxylation sites is 1. The molecule has 0 atom stereocenters. The Kier molecular flexibility index (Phi) is 5.97. The maximum Gasteiger partial charge on any atom is 0.186 e. The zero-order valence-electron chi connectivity index (χ0n) is 12.3. The summed E-state index contributed by atoms with van der Waals surface area (Å²) in [7, 11) is 7.80. The second-order valence-corrected chi connectivity index (χ2v) is 8.18. The van der Waals surface area contributed by atoms with Crippen LogP contribution < -0.4 is 10.6 Å². The fourth-order valence-corrected chi connectivity index (χ4v) is 4.76. The van der Waals surface area contributed by atoms with Gasteiger partial charge in [0.05, 0.1) is 0 Å². The molecule has 0 amide bonds. The molecule has 0 radical (unpaired) electrons. The maximum absolute atomic E-state index is 5.76. The number of hydrogen-bond donors (Lipinski definition) is 1. The Hall–Kier alpha value is -0.910. The summed E-state index contributed by atoms with van der Waals surface area (Å²) in [5.41, 5.74) is 0. The smallest absolute Gasteiger partial charge is 0.186 e. The molecule has 1 rings (SSSR count). The van der Waals surface area contributed by atoms with E-state index in [1.165, 1.54) is 0 Å². The summed E-state index contributed by atoms with van der Waals surface area (Å²) in [6.07, 6.45) is 0. The van der Waals surface area contributed by atoms with Gasteiger partial charge in [0, 0.05) is 0 Å². The van der Waals surface area contributed by atoms with Crippen molar-refractivity contribution < 1.29 is 4.74 Å². The Balaban J connectivity index is 2.82. The van der Waals surface area contributed by atoms with Crippen LogP contribution in [0.25, 0.3) is 0 Å². The van der Waals surface area contributed by atoms with Gasteiger partial charge < -0.3 is 4.74 Å². The highest BCUT2D eigenvalue weighted by molar-refractivity contribution is 7.58. The minimum atomic E-state index is -2.07. The molecule has 0 saturated carbocycles. The summed E-state index contributed by atoms with van der Waals surface area (Å²) >= 11 is 0. The van der Waals surface area contributed by atoms with Gasteiger partial charge in [0.15, 0.2) is 7.51 Å². The second kappa shape index (κ2) is 7.03. The summed E-state index contributed by atoms with van der Waals surface area (Å²) in [6, 6.07) is 9.71. The van der Waals surface area contributed by atoms with Gasteiger partial charge in [-0.3, -0.25) is 9.34 Å². The molecule has 0 aliphatic heterocycles. The average molecular weight is 285 g/mol. The number of nitrogens with two attached hydrogens (primary N) is 1. The normalized spacial score (nSPS) is 12.3. The molecule has 19 heavy (non-hydrogen) atoms. The largest absolute Gasteiger partial charge is 0.478 e. The zero-order valence-corrected chi connectivity index (χ0v) is 13.2. The van der Waals surface area contributed by atoms with Crippen molar-refractivity contribution in [2.75, 3.05) is 42.0 Å². The van der Waals surface area contributed by atoms with Crippen LogP contribution >= 0.6 is 7.51 Å². The average Bonchev–Trinajstić information content (AvgIpc) is 2.38. The van der Waals surface area contributed by atoms with Crippen molar-refractivity contribution >= 4 is 7.51 Å². The number of nitrogens with zero attached hydrogens (tertiary/aromatic N) is 4. The van der Waals surface area contributed by atoms with Gasteiger partial charge >= 0.3 is 0 Å². The number of ether oxygens (including phenoxy) is 1. The fraction of sp³-hybridized carbons (Fsp3) is 0.500. The second-order valence-electron chi connectivity index (χ2n) is 4.59. The van der Waals surface area contributed by atoms with Gasteiger partial charge in [0.1, 0.15) is 12.5 Å². The summed E-state index contributed by atoms with van der Waals surface area (Å²) in [6.45, 7) is 0.425. The Labute approximate surface area is 115 Å². The van der Waals surface area contributed by atoms with Crippen molar-refractivity contribution in [2.24, 2.45) is 10.7 Å². The number of benzene rings is 1. The van der Waals surface area contributed by atoms with Crippen molar-refractivity contribution in [1.82, 2.24) is 14.0 Å². The minimum absolute atomic E-state index is 0.425. The fourth-order valence-electron chi connectivity index (χ4n) is 2.03. The number of hydrogen-bond acceptors (Lipinski definition) is 2. The molecule has 7 heteroatoms. The highest BCUT2D eigenvalue weighted by atomic mass is 31.2. The molecular formula is C12H24N5OP. The first-order valence-electron chi connectivity index (χ1n) is 6.01. The van der Waals surface area contributed by atoms with E-state index < -0.39 is 7.51 Å². The van der Waals surface area contributed by atoms with Gasteiger partial charge in [-0.2, -0.15) is 4.85 Å². The van der Waals surface area contributed by atoms with Crippen LogP contribution in [-0.2, 0) is 0 Å². The van der Waals surface area contributed by atoms with E-state index in [1.54, 1.807) is 0 Å². The van der Waals surface area contributed by atoms with E-state index >= 15 is 0 Å². The molecule has 0 fully saturated rings. The lowest BCUT2D eigenvalue weighted by Crippen LogP contribution is -2.35. The molecule has 2 N–H and O–H groups in total. The summed E-state index contributed by atoms with van der Waals surface area (Å²) in [5.74, 6) is 6.51. The summed E-state index contributed by atoms with van der Waals surface area (Å²) < 4.78 is 11.9. The van der Waals surface area contributed by atoms with E-state index in [4.69, 9.17) is 10.6 Å². The van der Waals surface area contributed by atoms with Crippen LogP contribution in [0.1, 0.15) is 0 Å². The van der Waals surface area contributed by atoms with Crippen molar-refractivity contribution in [2.45, 2.75) is 0 Å². The lowest BCUT2D eigenvalue weighted by atomic mass is 10.3. The molecule has 0 spiro atoms. The van der Waals surface area contributed by atoms with Crippen LogP contribution in [0, 0.1) is 0 Å². The lowest BCUT2D eigenvalue weighted by Gasteiger charge is -2.41. The molecule has 0 unspecified atom stereocenters. The van der Waals surface area contributed by atoms with Crippen LogP contribution in [0.5, 0.6) is 5.75 Å². The highest BCUT2D eigenvalue weighted by Gasteiger charge is 2.30. The Bertz CT molecular complexity index is 423. The topological polar surface area (TPSA) is 57.3 Å². The van der Waals surface area contributed by atoms with E-state index in [9.17, 15) is 0 Å². The molecule has 1 aromatic rings. The predicted molar refractivity (Wildman–Crippen MR) is 80.6 cm³/mol. The van der Waals surface area contributed by atoms with Crippen LogP contribution in [0.4, 0.5) is 0 Å². The van der Waals surface area contributed by atoms with E-state index in [0.29, 0.717) is 6.73 Å². The third-order valence-electron chi connectivity index (χ3n) is 2.85. The first kappa shape index (κ1) is 16.1. The van der Waals surface area contributed by atoms with Gasteiger partial charge in [-0.25, -0.2) is 10.5 Å². The van der Waals surface area contributed by atoms with Crippen molar-refractivity contribution in [3.05, 3.63) is 30.3 Å². The van der Waals surface area contributed by atoms with Crippen LogP contribution in [0.15, 0.2) is 35.2 Å². The summed E-state index contributed by atoms with van der Waals surface area (Å²) in [4.78, 5) is 4.14. The minimum Gasteiger partial charge on any atom is -0.478 e. The van der Waals surface area contributed by atoms with Crippen molar-refractivity contribution in [1.29, 1.82) is 0 Å². The zero-order chi connectivity index (χ0) is 14.5. The van der Waals surface area contributed by atoms with Crippen molar-refractivity contribution in [3.8, 4) is 5.75 Å². The van der Waals surface area contributed by atoms with E-state index in [-0.39, 0.29) is 0 Å². The first-order chi connectivity index (χ1) is 8.95. The Morgan fingerprint density at radius 2 is 1.58 bits per heavy atom. The van der Waals surface area contributed by atoms with Gasteiger partial charge in [-0.15, -0.1) is 0 Å². The molecule has 6 nitrogen and oxygen atoms in total. The molecule has 1 aromatic carbocycles. The van der Waals surface area contributed by atoms with Gasteiger partial charge in [-0.1, -0.05) is 18.2 Å². The molecule has 0 heterocycles. The molecular weight excluding hydrogens is 261 g/mol. The molecule has 0 aromatic heterocycles. The van der Waals surface area contributed by atoms with Crippen LogP contribution in [0.3, 0.4) is 0 Å². The molecule has 0 aliphatic rings. The SMILES string of the molecule is CN(C)P(=NN)(N(C)C)N(C)COc1ccccc1. The third-order valence-corrected chi connectivity index (χ3v) is 6.34. The monoisotopic (exact) mass is 285 g/mol. The number of rotatable bonds is 6. The first-order valence-corrected chi connectivity index (χ1v) is 7.61. The molecule has 0 saturated heterocycles. The van der Waals surface area contributed by atoms with Gasteiger partial charge in [0.2, 0.25) is 0 Å². The Morgan fingerprint density at radius 1 is 1.05 bits per heavy atom. The lowest BCUT2D eigenvalue weighted by molar-refractivity contribution is 0.213. The molecule has 0 bridgehead atoms. The quantitative estimate of drug-likeness (QED) is 0.374. The summed E-state index contributed by atoms with van der Waals surface area (Å²) in [5, 5.41) is 0. The van der Waals surface area contributed by atoms with E-state index in [1.807, 2.05) is 79.6 Å². The van der Waals surface area contributed by atoms with Crippen molar-refractivity contribution in [3.63, 3.8) is 0 Å². The molecule has 0 aliphatic carbocycles. The molecule has 108 valence electrons. The third kappa shape index (κ3) is 3.55. The van der Waals surface area contributed by atoms with Gasteiger partial charge in [-0.05, 0) is 47.4 Å². The van der Waals surface area contributed by atoms with E-state index in [2.05, 4.69) is 4.85 Å². The predicted octanol–water partition coefficient (Wildman–Crippen LogP) is 1.90. The van der Waals surface area contributed by atoms with E-state index in [0.717, 1.165) is 5.75 Å². The van der Waals surface area contributed by atoms with Crippen LogP contribution in [0.2, 0.25) is 0 Å². The van der Waals surface area contributed by atoms with Crippen LogP contribution in [-0.4, -0.2) is 56.0 Å². The highest BCUT2D eigenvalue weighted by Crippen LogP contribution is 2.54. The van der Waals surface area contributed by atoms with Gasteiger partial charge in [0.25, 0.3) is 0 Å². The Morgan fingerprint density at radius 3 is 2.00 bits per heavy atom.